The molecule has 0 aromatic carbocycles. The molecule has 0 aliphatic carbocycles. The third kappa shape index (κ3) is 3.54. The highest BCUT2D eigenvalue weighted by molar-refractivity contribution is 5.20. The van der Waals surface area contributed by atoms with E-state index in [0.29, 0.717) is 5.88 Å². The Morgan fingerprint density at radius 3 is 2.67 bits per heavy atom. The smallest absolute Gasteiger partial charge is 0.213 e. The molecule has 0 aliphatic heterocycles. The third-order valence-electron chi connectivity index (χ3n) is 2.97. The van der Waals surface area contributed by atoms with Crippen molar-refractivity contribution in [1.82, 2.24) is 4.98 Å². The van der Waals surface area contributed by atoms with E-state index in [1.807, 2.05) is 12.3 Å². The molecular weight excluding hydrogens is 186 g/mol. The molecular formula is C13H21NO. The van der Waals surface area contributed by atoms with Gasteiger partial charge in [-0.1, -0.05) is 27.2 Å². The molecule has 0 N–H and O–H groups in total. The van der Waals surface area contributed by atoms with Gasteiger partial charge in [0, 0.05) is 12.3 Å². The lowest BCUT2D eigenvalue weighted by molar-refractivity contribution is 0.368. The zero-order chi connectivity index (χ0) is 11.3. The van der Waals surface area contributed by atoms with Crippen LogP contribution in [0.3, 0.4) is 0 Å². The minimum atomic E-state index is 0.714. The van der Waals surface area contributed by atoms with Crippen LogP contribution < -0.4 is 4.74 Å². The molecule has 1 rings (SSSR count). The number of hydrogen-bond acceptors (Lipinski definition) is 2. The molecule has 0 radical (unpaired) electrons. The van der Waals surface area contributed by atoms with Gasteiger partial charge in [-0.05, 0) is 29.9 Å². The fraction of sp³-hybridized carbons (Fsp3) is 0.615. The summed E-state index contributed by atoms with van der Waals surface area (Å²) in [5.41, 5.74) is 1.32. The molecule has 0 amide bonds. The molecule has 1 heterocycles. The van der Waals surface area contributed by atoms with Crippen LogP contribution in [0, 0.1) is 11.8 Å². The van der Waals surface area contributed by atoms with Crippen LogP contribution in [0.5, 0.6) is 5.88 Å². The highest BCUT2D eigenvalue weighted by Gasteiger charge is 2.12. The van der Waals surface area contributed by atoms with Crippen molar-refractivity contribution in [3.63, 3.8) is 0 Å². The van der Waals surface area contributed by atoms with Crippen LogP contribution in [0.1, 0.15) is 32.8 Å². The van der Waals surface area contributed by atoms with Crippen LogP contribution in [0.4, 0.5) is 0 Å². The number of pyridine rings is 1. The molecule has 15 heavy (non-hydrogen) atoms. The number of methoxy groups -OCH3 is 1. The number of aromatic nitrogens is 1. The van der Waals surface area contributed by atoms with Crippen molar-refractivity contribution < 1.29 is 4.74 Å². The summed E-state index contributed by atoms with van der Waals surface area (Å²) in [7, 11) is 1.66. The maximum Gasteiger partial charge on any atom is 0.213 e. The van der Waals surface area contributed by atoms with Gasteiger partial charge < -0.3 is 4.74 Å². The van der Waals surface area contributed by atoms with Crippen LogP contribution in [-0.4, -0.2) is 12.1 Å². The molecule has 2 nitrogen and oxygen atoms in total. The van der Waals surface area contributed by atoms with E-state index in [2.05, 4.69) is 31.8 Å². The number of hydrogen-bond donors (Lipinski definition) is 0. The van der Waals surface area contributed by atoms with E-state index in [-0.39, 0.29) is 0 Å². The van der Waals surface area contributed by atoms with Gasteiger partial charge in [-0.25, -0.2) is 4.98 Å². The summed E-state index contributed by atoms with van der Waals surface area (Å²) in [6, 6.07) is 4.11. The van der Waals surface area contributed by atoms with Gasteiger partial charge in [-0.15, -0.1) is 0 Å². The van der Waals surface area contributed by atoms with Crippen LogP contribution in [0.15, 0.2) is 18.3 Å². The molecule has 0 saturated carbocycles. The molecule has 84 valence electrons. The maximum atomic E-state index is 5.12. The molecule has 1 aromatic heterocycles. The first-order chi connectivity index (χ1) is 7.17. The van der Waals surface area contributed by atoms with Crippen molar-refractivity contribution in [1.29, 1.82) is 0 Å². The lowest BCUT2D eigenvalue weighted by atomic mass is 9.87. The fourth-order valence-electron chi connectivity index (χ4n) is 1.84. The summed E-state index contributed by atoms with van der Waals surface area (Å²) in [5, 5.41) is 0. The van der Waals surface area contributed by atoms with Gasteiger partial charge >= 0.3 is 0 Å². The largest absolute Gasteiger partial charge is 0.481 e. The maximum absolute atomic E-state index is 5.12. The number of nitrogens with zero attached hydrogens (tertiary/aromatic N) is 1. The zero-order valence-corrected chi connectivity index (χ0v) is 10.2. The normalized spacial score (nSPS) is 12.9. The van der Waals surface area contributed by atoms with Gasteiger partial charge in [-0.2, -0.15) is 0 Å². The van der Waals surface area contributed by atoms with E-state index in [9.17, 15) is 0 Å². The molecule has 0 aliphatic rings. The Morgan fingerprint density at radius 2 is 2.13 bits per heavy atom. The summed E-state index contributed by atoms with van der Waals surface area (Å²) < 4.78 is 5.12. The van der Waals surface area contributed by atoms with E-state index in [4.69, 9.17) is 4.74 Å². The lowest BCUT2D eigenvalue weighted by Crippen LogP contribution is -2.10. The van der Waals surface area contributed by atoms with Gasteiger partial charge in [0.25, 0.3) is 0 Å². The van der Waals surface area contributed by atoms with E-state index < -0.39 is 0 Å². The minimum absolute atomic E-state index is 0.714. The average molecular weight is 207 g/mol. The topological polar surface area (TPSA) is 22.1 Å². The van der Waals surface area contributed by atoms with E-state index >= 15 is 0 Å². The van der Waals surface area contributed by atoms with Crippen molar-refractivity contribution >= 4 is 0 Å². The summed E-state index contributed by atoms with van der Waals surface area (Å²) in [6.45, 7) is 6.82. The van der Waals surface area contributed by atoms with Gasteiger partial charge in [0.2, 0.25) is 5.88 Å². The summed E-state index contributed by atoms with van der Waals surface area (Å²) >= 11 is 0. The predicted octanol–water partition coefficient (Wildman–Crippen LogP) is 3.31. The SMILES string of the molecule is CCC(Cc1ccnc(OC)c1)C(C)C. The highest BCUT2D eigenvalue weighted by Crippen LogP contribution is 2.21. The summed E-state index contributed by atoms with van der Waals surface area (Å²) in [5.74, 6) is 2.19. The minimum Gasteiger partial charge on any atom is -0.481 e. The van der Waals surface area contributed by atoms with Crippen molar-refractivity contribution in [2.24, 2.45) is 11.8 Å². The van der Waals surface area contributed by atoms with E-state index in [1.165, 1.54) is 12.0 Å². The molecule has 1 aromatic rings. The Hall–Kier alpha value is -1.05. The number of rotatable bonds is 5. The third-order valence-corrected chi connectivity index (χ3v) is 2.97. The van der Waals surface area contributed by atoms with Crippen molar-refractivity contribution in [2.75, 3.05) is 7.11 Å². The lowest BCUT2D eigenvalue weighted by Gasteiger charge is -2.18. The monoisotopic (exact) mass is 207 g/mol. The van der Waals surface area contributed by atoms with Crippen molar-refractivity contribution in [3.05, 3.63) is 23.9 Å². The second-order valence-corrected chi connectivity index (χ2v) is 4.32. The second kappa shape index (κ2) is 5.74. The first-order valence-electron chi connectivity index (χ1n) is 5.66. The first-order valence-corrected chi connectivity index (χ1v) is 5.66. The highest BCUT2D eigenvalue weighted by atomic mass is 16.5. The predicted molar refractivity (Wildman–Crippen MR) is 63.1 cm³/mol. The molecule has 0 spiro atoms. The van der Waals surface area contributed by atoms with Gasteiger partial charge in [0.1, 0.15) is 0 Å². The van der Waals surface area contributed by atoms with Crippen LogP contribution >= 0.6 is 0 Å². The Morgan fingerprint density at radius 1 is 1.40 bits per heavy atom. The fourth-order valence-corrected chi connectivity index (χ4v) is 1.84. The number of ether oxygens (including phenoxy) is 1. The molecule has 0 bridgehead atoms. The Balaban J connectivity index is 2.70. The van der Waals surface area contributed by atoms with Crippen LogP contribution in [0.25, 0.3) is 0 Å². The van der Waals surface area contributed by atoms with Crippen molar-refractivity contribution in [3.8, 4) is 5.88 Å². The Labute approximate surface area is 92.7 Å². The van der Waals surface area contributed by atoms with E-state index in [1.54, 1.807) is 7.11 Å². The second-order valence-electron chi connectivity index (χ2n) is 4.32. The summed E-state index contributed by atoms with van der Waals surface area (Å²) in [6.07, 6.45) is 4.16. The molecule has 1 unspecified atom stereocenters. The molecule has 0 fully saturated rings. The summed E-state index contributed by atoms with van der Waals surface area (Å²) in [4.78, 5) is 4.11. The van der Waals surface area contributed by atoms with E-state index in [0.717, 1.165) is 18.3 Å². The zero-order valence-electron chi connectivity index (χ0n) is 10.2. The molecule has 0 saturated heterocycles. The standard InChI is InChI=1S/C13H21NO/c1-5-12(10(2)3)8-11-6-7-14-13(9-11)15-4/h6-7,9-10,12H,5,8H2,1-4H3. The van der Waals surface area contributed by atoms with Crippen LogP contribution in [0.2, 0.25) is 0 Å². The quantitative estimate of drug-likeness (QED) is 0.739. The Bertz CT molecular complexity index is 296. The van der Waals surface area contributed by atoms with Gasteiger partial charge in [-0.3, -0.25) is 0 Å². The van der Waals surface area contributed by atoms with Gasteiger partial charge in [0.05, 0.1) is 7.11 Å². The van der Waals surface area contributed by atoms with Crippen LogP contribution in [-0.2, 0) is 6.42 Å². The van der Waals surface area contributed by atoms with Gasteiger partial charge in [0.15, 0.2) is 0 Å². The first kappa shape index (κ1) is 12.0. The molecule has 1 atom stereocenters. The molecule has 2 heteroatoms. The Kier molecular flexibility index (Phi) is 4.60. The van der Waals surface area contributed by atoms with Crippen molar-refractivity contribution in [2.45, 2.75) is 33.6 Å². The average Bonchev–Trinajstić information content (AvgIpc) is 2.25.